The molecule has 146 valence electrons. The smallest absolute Gasteiger partial charge is 0.200 e. The number of aryl methyl sites for hydroxylation is 3. The highest BCUT2D eigenvalue weighted by atomic mass is 16.5. The Morgan fingerprint density at radius 2 is 1.71 bits per heavy atom. The molecule has 3 aromatic rings. The van der Waals surface area contributed by atoms with Crippen molar-refractivity contribution in [3.8, 4) is 5.75 Å². The highest BCUT2D eigenvalue weighted by Crippen LogP contribution is 2.33. The van der Waals surface area contributed by atoms with E-state index in [1.54, 1.807) is 7.11 Å². The van der Waals surface area contributed by atoms with E-state index in [0.29, 0.717) is 29.1 Å². The summed E-state index contributed by atoms with van der Waals surface area (Å²) in [7, 11) is 1.63. The summed E-state index contributed by atoms with van der Waals surface area (Å²) in [4.78, 5) is 13.7. The Morgan fingerprint density at radius 3 is 2.32 bits per heavy atom. The van der Waals surface area contributed by atoms with Gasteiger partial charge in [0.15, 0.2) is 0 Å². The summed E-state index contributed by atoms with van der Waals surface area (Å²) in [5.74, 6) is 2.15. The molecule has 0 N–H and O–H groups in total. The number of furan rings is 1. The van der Waals surface area contributed by atoms with Crippen LogP contribution in [0.3, 0.4) is 0 Å². The quantitative estimate of drug-likeness (QED) is 0.485. The molecule has 0 bridgehead atoms. The number of benzene rings is 2. The first kappa shape index (κ1) is 19.9. The van der Waals surface area contributed by atoms with E-state index in [1.807, 2.05) is 38.1 Å². The third-order valence-electron chi connectivity index (χ3n) is 5.36. The van der Waals surface area contributed by atoms with Gasteiger partial charge in [-0.3, -0.25) is 4.79 Å². The molecule has 0 unspecified atom stereocenters. The summed E-state index contributed by atoms with van der Waals surface area (Å²) in [6.45, 7) is 8.05. The number of ketones is 1. The van der Waals surface area contributed by atoms with Crippen LogP contribution in [0.15, 0.2) is 46.9 Å². The van der Waals surface area contributed by atoms with Crippen molar-refractivity contribution in [2.45, 2.75) is 47.0 Å². The summed E-state index contributed by atoms with van der Waals surface area (Å²) in [6.07, 6.45) is 2.28. The van der Waals surface area contributed by atoms with Gasteiger partial charge in [0, 0.05) is 12.0 Å². The van der Waals surface area contributed by atoms with Crippen molar-refractivity contribution >= 4 is 5.78 Å². The molecule has 0 fully saturated rings. The molecule has 3 nitrogen and oxygen atoms in total. The van der Waals surface area contributed by atoms with Crippen LogP contribution in [0.1, 0.15) is 63.5 Å². The molecule has 3 heteroatoms. The Labute approximate surface area is 167 Å². The molecule has 0 aliphatic carbocycles. The van der Waals surface area contributed by atoms with Crippen LogP contribution in [0, 0.1) is 13.8 Å². The minimum atomic E-state index is -0.0258. The molecule has 0 saturated heterocycles. The van der Waals surface area contributed by atoms with Crippen LogP contribution >= 0.6 is 0 Å². The first-order chi connectivity index (χ1) is 13.5. The fourth-order valence-corrected chi connectivity index (χ4v) is 3.67. The van der Waals surface area contributed by atoms with E-state index < -0.39 is 0 Å². The average Bonchev–Trinajstić information content (AvgIpc) is 3.00. The van der Waals surface area contributed by atoms with Crippen LogP contribution < -0.4 is 4.74 Å². The lowest BCUT2D eigenvalue weighted by atomic mass is 9.92. The van der Waals surface area contributed by atoms with E-state index >= 15 is 0 Å². The zero-order valence-electron chi connectivity index (χ0n) is 17.4. The minimum absolute atomic E-state index is 0.0258. The zero-order chi connectivity index (χ0) is 20.3. The standard InChI is InChI=1S/C25H28O3/c1-6-18-13-20(7-2)25(27-5)21(14-18)24(26)23-16(3)17(4)28-22(23)15-19-11-9-8-10-12-19/h8-14H,6-7,15H2,1-5H3. The van der Waals surface area contributed by atoms with Crippen molar-refractivity contribution < 1.29 is 13.9 Å². The summed E-state index contributed by atoms with van der Waals surface area (Å²) < 4.78 is 11.7. The Morgan fingerprint density at radius 1 is 1.00 bits per heavy atom. The largest absolute Gasteiger partial charge is 0.496 e. The zero-order valence-corrected chi connectivity index (χ0v) is 17.4. The van der Waals surface area contributed by atoms with E-state index in [4.69, 9.17) is 9.15 Å². The first-order valence-electron chi connectivity index (χ1n) is 9.87. The molecule has 1 aromatic heterocycles. The fourth-order valence-electron chi connectivity index (χ4n) is 3.67. The molecule has 0 saturated carbocycles. The molecule has 1 heterocycles. The Balaban J connectivity index is 2.13. The van der Waals surface area contributed by atoms with Crippen molar-refractivity contribution in [1.29, 1.82) is 0 Å². The molecule has 3 rings (SSSR count). The molecular weight excluding hydrogens is 348 g/mol. The number of methoxy groups -OCH3 is 1. The van der Waals surface area contributed by atoms with Gasteiger partial charge in [-0.25, -0.2) is 0 Å². The Bertz CT molecular complexity index is 981. The van der Waals surface area contributed by atoms with Crippen LogP contribution in [0.2, 0.25) is 0 Å². The normalized spacial score (nSPS) is 10.9. The number of ether oxygens (including phenoxy) is 1. The van der Waals surface area contributed by atoms with Crippen molar-refractivity contribution in [1.82, 2.24) is 0 Å². The van der Waals surface area contributed by atoms with Gasteiger partial charge in [0.2, 0.25) is 5.78 Å². The second-order valence-electron chi connectivity index (χ2n) is 7.12. The van der Waals surface area contributed by atoms with Gasteiger partial charge in [-0.15, -0.1) is 0 Å². The lowest BCUT2D eigenvalue weighted by Gasteiger charge is -2.15. The Kier molecular flexibility index (Phi) is 6.03. The predicted octanol–water partition coefficient (Wildman–Crippen LogP) is 5.85. The average molecular weight is 376 g/mol. The van der Waals surface area contributed by atoms with Gasteiger partial charge < -0.3 is 9.15 Å². The second kappa shape index (κ2) is 8.47. The summed E-state index contributed by atoms with van der Waals surface area (Å²) in [5.41, 5.74) is 5.51. The first-order valence-corrected chi connectivity index (χ1v) is 9.87. The van der Waals surface area contributed by atoms with Gasteiger partial charge in [0.25, 0.3) is 0 Å². The molecule has 0 aliphatic rings. The lowest BCUT2D eigenvalue weighted by Crippen LogP contribution is -2.10. The van der Waals surface area contributed by atoms with Gasteiger partial charge in [-0.2, -0.15) is 0 Å². The lowest BCUT2D eigenvalue weighted by molar-refractivity contribution is 0.103. The number of hydrogen-bond acceptors (Lipinski definition) is 3. The number of carbonyl (C=O) groups is 1. The molecule has 0 aliphatic heterocycles. The van der Waals surface area contributed by atoms with E-state index in [1.165, 1.54) is 0 Å². The topological polar surface area (TPSA) is 39.4 Å². The number of hydrogen-bond donors (Lipinski definition) is 0. The SMILES string of the molecule is CCc1cc(CC)c(OC)c(C(=O)c2c(Cc3ccccc3)oc(C)c2C)c1. The van der Waals surface area contributed by atoms with Crippen molar-refractivity contribution in [3.05, 3.63) is 87.4 Å². The van der Waals surface area contributed by atoms with Gasteiger partial charge in [0.05, 0.1) is 18.2 Å². The number of carbonyl (C=O) groups excluding carboxylic acids is 1. The van der Waals surface area contributed by atoms with Crippen molar-refractivity contribution in [2.24, 2.45) is 0 Å². The molecule has 2 aromatic carbocycles. The fraction of sp³-hybridized carbons (Fsp3) is 0.320. The van der Waals surface area contributed by atoms with Crippen molar-refractivity contribution in [3.63, 3.8) is 0 Å². The van der Waals surface area contributed by atoms with Crippen molar-refractivity contribution in [2.75, 3.05) is 7.11 Å². The van der Waals surface area contributed by atoms with Crippen LogP contribution in [-0.4, -0.2) is 12.9 Å². The van der Waals surface area contributed by atoms with E-state index in [2.05, 4.69) is 32.0 Å². The highest BCUT2D eigenvalue weighted by Gasteiger charge is 2.26. The maximum Gasteiger partial charge on any atom is 0.200 e. The molecule has 0 radical (unpaired) electrons. The molecular formula is C25H28O3. The van der Waals surface area contributed by atoms with Crippen LogP contribution in [0.4, 0.5) is 0 Å². The van der Waals surface area contributed by atoms with Gasteiger partial charge in [-0.1, -0.05) is 50.2 Å². The minimum Gasteiger partial charge on any atom is -0.496 e. The van der Waals surface area contributed by atoms with Crippen LogP contribution in [0.5, 0.6) is 5.75 Å². The monoisotopic (exact) mass is 376 g/mol. The maximum atomic E-state index is 13.7. The number of rotatable bonds is 7. The van der Waals surface area contributed by atoms with Crippen LogP contribution in [-0.2, 0) is 19.3 Å². The molecule has 0 amide bonds. The van der Waals surface area contributed by atoms with E-state index in [0.717, 1.165) is 40.9 Å². The van der Waals surface area contributed by atoms with Crippen LogP contribution in [0.25, 0.3) is 0 Å². The third-order valence-corrected chi connectivity index (χ3v) is 5.36. The predicted molar refractivity (Wildman–Crippen MR) is 113 cm³/mol. The Hall–Kier alpha value is -2.81. The molecule has 0 spiro atoms. The second-order valence-corrected chi connectivity index (χ2v) is 7.12. The summed E-state index contributed by atoms with van der Waals surface area (Å²) in [6, 6.07) is 14.2. The highest BCUT2D eigenvalue weighted by molar-refractivity contribution is 6.12. The summed E-state index contributed by atoms with van der Waals surface area (Å²) >= 11 is 0. The van der Waals surface area contributed by atoms with Gasteiger partial charge in [0.1, 0.15) is 17.3 Å². The van der Waals surface area contributed by atoms with Gasteiger partial charge in [-0.05, 0) is 49.4 Å². The maximum absolute atomic E-state index is 13.7. The van der Waals surface area contributed by atoms with Gasteiger partial charge >= 0.3 is 0 Å². The summed E-state index contributed by atoms with van der Waals surface area (Å²) in [5, 5.41) is 0. The molecule has 28 heavy (non-hydrogen) atoms. The van der Waals surface area contributed by atoms with E-state index in [9.17, 15) is 4.79 Å². The van der Waals surface area contributed by atoms with E-state index in [-0.39, 0.29) is 5.78 Å². The third kappa shape index (κ3) is 3.75. The molecule has 0 atom stereocenters.